The Kier molecular flexibility index (Phi) is 8.54. The summed E-state index contributed by atoms with van der Waals surface area (Å²) < 4.78 is 21.7. The van der Waals surface area contributed by atoms with Gasteiger partial charge in [-0.1, -0.05) is 6.92 Å². The van der Waals surface area contributed by atoms with E-state index < -0.39 is 0 Å². The standard InChI is InChI=1S/C13H27NO4/c1-4-14-11-10-12(13(11)17-5-2)18-9-8-16-7-6-15-3/h11-14H,4-10H2,1-3H3. The van der Waals surface area contributed by atoms with Gasteiger partial charge in [0.1, 0.15) is 0 Å². The van der Waals surface area contributed by atoms with Gasteiger partial charge in [-0.05, 0) is 19.9 Å². The van der Waals surface area contributed by atoms with Crippen molar-refractivity contribution in [3.63, 3.8) is 0 Å². The van der Waals surface area contributed by atoms with Gasteiger partial charge in [-0.2, -0.15) is 0 Å². The van der Waals surface area contributed by atoms with Crippen LogP contribution in [0.15, 0.2) is 0 Å². The van der Waals surface area contributed by atoms with Crippen LogP contribution in [0.3, 0.4) is 0 Å². The van der Waals surface area contributed by atoms with Crippen LogP contribution in [0.25, 0.3) is 0 Å². The fourth-order valence-electron chi connectivity index (χ4n) is 2.13. The van der Waals surface area contributed by atoms with Crippen LogP contribution in [-0.2, 0) is 18.9 Å². The molecule has 1 aliphatic rings. The molecule has 108 valence electrons. The maximum atomic E-state index is 5.77. The Balaban J connectivity index is 2.07. The van der Waals surface area contributed by atoms with Crippen LogP contribution in [0.4, 0.5) is 0 Å². The lowest BCUT2D eigenvalue weighted by atomic mass is 9.85. The zero-order valence-corrected chi connectivity index (χ0v) is 11.8. The second kappa shape index (κ2) is 9.69. The first kappa shape index (κ1) is 15.9. The number of likely N-dealkylation sites (N-methyl/N-ethyl adjacent to an activating group) is 1. The predicted octanol–water partition coefficient (Wildman–Crippen LogP) is 0.822. The van der Waals surface area contributed by atoms with Gasteiger partial charge in [0.15, 0.2) is 0 Å². The summed E-state index contributed by atoms with van der Waals surface area (Å²) in [5.41, 5.74) is 0. The topological polar surface area (TPSA) is 49.0 Å². The summed E-state index contributed by atoms with van der Waals surface area (Å²) in [6.45, 7) is 8.33. The maximum absolute atomic E-state index is 5.77. The first-order valence-corrected chi connectivity index (χ1v) is 6.86. The molecule has 0 amide bonds. The Labute approximate surface area is 110 Å². The number of rotatable bonds is 11. The van der Waals surface area contributed by atoms with Crippen LogP contribution >= 0.6 is 0 Å². The Hall–Kier alpha value is -0.200. The van der Waals surface area contributed by atoms with Crippen molar-refractivity contribution in [1.29, 1.82) is 0 Å². The van der Waals surface area contributed by atoms with Crippen LogP contribution in [0.2, 0.25) is 0 Å². The number of nitrogens with one attached hydrogen (secondary N) is 1. The SMILES string of the molecule is CCNC1CC(OCCOCCOC)C1OCC. The molecule has 0 radical (unpaired) electrons. The highest BCUT2D eigenvalue weighted by molar-refractivity contribution is 4.97. The molecule has 1 aliphatic carbocycles. The van der Waals surface area contributed by atoms with Gasteiger partial charge in [0.25, 0.3) is 0 Å². The zero-order chi connectivity index (χ0) is 13.2. The van der Waals surface area contributed by atoms with Crippen molar-refractivity contribution in [2.45, 2.75) is 38.5 Å². The van der Waals surface area contributed by atoms with Crippen molar-refractivity contribution in [2.75, 3.05) is 46.7 Å². The van der Waals surface area contributed by atoms with E-state index in [9.17, 15) is 0 Å². The van der Waals surface area contributed by atoms with Crippen molar-refractivity contribution in [3.8, 4) is 0 Å². The Morgan fingerprint density at radius 2 is 1.83 bits per heavy atom. The lowest BCUT2D eigenvalue weighted by Gasteiger charge is -2.44. The molecule has 5 nitrogen and oxygen atoms in total. The molecule has 1 rings (SSSR count). The minimum Gasteiger partial charge on any atom is -0.382 e. The smallest absolute Gasteiger partial charge is 0.0990 e. The quantitative estimate of drug-likeness (QED) is 0.558. The van der Waals surface area contributed by atoms with Crippen LogP contribution in [0.5, 0.6) is 0 Å². The van der Waals surface area contributed by atoms with Gasteiger partial charge in [-0.15, -0.1) is 0 Å². The third-order valence-electron chi connectivity index (χ3n) is 3.07. The fourth-order valence-corrected chi connectivity index (χ4v) is 2.13. The Morgan fingerprint density at radius 3 is 2.50 bits per heavy atom. The van der Waals surface area contributed by atoms with Crippen molar-refractivity contribution >= 4 is 0 Å². The molecule has 0 aromatic heterocycles. The van der Waals surface area contributed by atoms with Crippen LogP contribution < -0.4 is 5.32 Å². The highest BCUT2D eigenvalue weighted by atomic mass is 16.6. The summed E-state index contributed by atoms with van der Waals surface area (Å²) >= 11 is 0. The van der Waals surface area contributed by atoms with E-state index in [0.29, 0.717) is 32.5 Å². The molecule has 0 aromatic rings. The fraction of sp³-hybridized carbons (Fsp3) is 1.00. The van der Waals surface area contributed by atoms with E-state index in [4.69, 9.17) is 18.9 Å². The average molecular weight is 261 g/mol. The summed E-state index contributed by atoms with van der Waals surface area (Å²) in [6, 6.07) is 0.439. The molecule has 3 atom stereocenters. The lowest BCUT2D eigenvalue weighted by molar-refractivity contribution is -0.150. The van der Waals surface area contributed by atoms with Crippen molar-refractivity contribution in [3.05, 3.63) is 0 Å². The average Bonchev–Trinajstić information content (AvgIpc) is 2.37. The third kappa shape index (κ3) is 5.20. The predicted molar refractivity (Wildman–Crippen MR) is 69.9 cm³/mol. The number of ether oxygens (including phenoxy) is 4. The summed E-state index contributed by atoms with van der Waals surface area (Å²) in [6.07, 6.45) is 1.42. The monoisotopic (exact) mass is 261 g/mol. The number of hydrogen-bond donors (Lipinski definition) is 1. The molecule has 18 heavy (non-hydrogen) atoms. The van der Waals surface area contributed by atoms with E-state index in [2.05, 4.69) is 12.2 Å². The summed E-state index contributed by atoms with van der Waals surface area (Å²) in [7, 11) is 1.67. The number of methoxy groups -OCH3 is 1. The van der Waals surface area contributed by atoms with Crippen LogP contribution in [0, 0.1) is 0 Å². The lowest BCUT2D eigenvalue weighted by Crippen LogP contribution is -2.60. The number of hydrogen-bond acceptors (Lipinski definition) is 5. The van der Waals surface area contributed by atoms with Gasteiger partial charge in [0, 0.05) is 19.8 Å². The third-order valence-corrected chi connectivity index (χ3v) is 3.07. The van der Waals surface area contributed by atoms with E-state index >= 15 is 0 Å². The Bertz CT molecular complexity index is 203. The summed E-state index contributed by atoms with van der Waals surface area (Å²) in [4.78, 5) is 0. The van der Waals surface area contributed by atoms with Crippen molar-refractivity contribution in [1.82, 2.24) is 5.32 Å². The van der Waals surface area contributed by atoms with Gasteiger partial charge in [-0.3, -0.25) is 0 Å². The van der Waals surface area contributed by atoms with Gasteiger partial charge in [0.2, 0.25) is 0 Å². The van der Waals surface area contributed by atoms with E-state index in [1.807, 2.05) is 6.92 Å². The second-order valence-electron chi connectivity index (χ2n) is 4.33. The van der Waals surface area contributed by atoms with Crippen LogP contribution in [0.1, 0.15) is 20.3 Å². The normalized spacial score (nSPS) is 27.2. The largest absolute Gasteiger partial charge is 0.382 e. The van der Waals surface area contributed by atoms with Gasteiger partial charge in [-0.25, -0.2) is 0 Å². The molecule has 0 heterocycles. The molecular weight excluding hydrogens is 234 g/mol. The van der Waals surface area contributed by atoms with E-state index in [-0.39, 0.29) is 12.2 Å². The molecule has 0 aromatic carbocycles. The summed E-state index contributed by atoms with van der Waals surface area (Å²) in [5, 5.41) is 3.41. The second-order valence-corrected chi connectivity index (χ2v) is 4.33. The molecule has 1 saturated carbocycles. The minimum atomic E-state index is 0.189. The summed E-state index contributed by atoms with van der Waals surface area (Å²) in [5.74, 6) is 0. The first-order valence-electron chi connectivity index (χ1n) is 6.86. The molecule has 0 bridgehead atoms. The van der Waals surface area contributed by atoms with E-state index in [1.54, 1.807) is 7.11 Å². The first-order chi connectivity index (χ1) is 8.83. The molecule has 0 saturated heterocycles. The molecular formula is C13H27NO4. The maximum Gasteiger partial charge on any atom is 0.0990 e. The highest BCUT2D eigenvalue weighted by Gasteiger charge is 2.41. The van der Waals surface area contributed by atoms with E-state index in [1.165, 1.54) is 0 Å². The van der Waals surface area contributed by atoms with Gasteiger partial charge in [0.05, 0.1) is 38.6 Å². The molecule has 0 aliphatic heterocycles. The van der Waals surface area contributed by atoms with E-state index in [0.717, 1.165) is 19.6 Å². The van der Waals surface area contributed by atoms with Crippen molar-refractivity contribution < 1.29 is 18.9 Å². The highest BCUT2D eigenvalue weighted by Crippen LogP contribution is 2.27. The molecule has 1 N–H and O–H groups in total. The van der Waals surface area contributed by atoms with Crippen LogP contribution in [-0.4, -0.2) is 64.9 Å². The molecule has 0 spiro atoms. The minimum absolute atomic E-state index is 0.189. The molecule has 3 unspecified atom stereocenters. The molecule has 1 fully saturated rings. The van der Waals surface area contributed by atoms with Gasteiger partial charge < -0.3 is 24.3 Å². The zero-order valence-electron chi connectivity index (χ0n) is 11.8. The Morgan fingerprint density at radius 1 is 1.06 bits per heavy atom. The molecule has 5 heteroatoms. The van der Waals surface area contributed by atoms with Gasteiger partial charge >= 0.3 is 0 Å². The van der Waals surface area contributed by atoms with Crippen molar-refractivity contribution in [2.24, 2.45) is 0 Å².